The number of carbonyl (C=O) groups excluding carboxylic acids is 1. The van der Waals surface area contributed by atoms with E-state index < -0.39 is 11.0 Å². The van der Waals surface area contributed by atoms with Crippen molar-refractivity contribution in [2.75, 3.05) is 6.54 Å². The van der Waals surface area contributed by atoms with Gasteiger partial charge in [-0.1, -0.05) is 12.1 Å². The molecule has 5 heteroatoms. The fraction of sp³-hybridized carbons (Fsp3) is 0.300. The molecule has 0 aliphatic rings. The van der Waals surface area contributed by atoms with E-state index >= 15 is 0 Å². The maximum Gasteiger partial charge on any atom is 0.216 e. The van der Waals surface area contributed by atoms with Crippen molar-refractivity contribution in [1.82, 2.24) is 5.32 Å². The Bertz CT molecular complexity index is 362. The maximum atomic E-state index is 10.9. The average Bonchev–Trinajstić information content (AvgIpc) is 2.18. The third-order valence-electron chi connectivity index (χ3n) is 1.94. The van der Waals surface area contributed by atoms with Gasteiger partial charge >= 0.3 is 0 Å². The highest BCUT2D eigenvalue weighted by molar-refractivity contribution is 7.82. The van der Waals surface area contributed by atoms with E-state index in [9.17, 15) is 9.00 Å². The Morgan fingerprint density at radius 2 is 2.00 bits per heavy atom. The van der Waals surface area contributed by atoms with E-state index in [2.05, 4.69) is 5.32 Å². The molecule has 1 rings (SSSR count). The lowest BCUT2D eigenvalue weighted by Gasteiger charge is -2.03. The van der Waals surface area contributed by atoms with Gasteiger partial charge in [-0.2, -0.15) is 0 Å². The van der Waals surface area contributed by atoms with E-state index in [0.29, 0.717) is 11.4 Å². The van der Waals surface area contributed by atoms with E-state index in [1.807, 2.05) is 12.1 Å². The summed E-state index contributed by atoms with van der Waals surface area (Å²) in [6.45, 7) is 2.10. The summed E-state index contributed by atoms with van der Waals surface area (Å²) >= 11 is 0. The molecule has 1 aromatic rings. The van der Waals surface area contributed by atoms with Crippen molar-refractivity contribution in [1.29, 1.82) is 0 Å². The van der Waals surface area contributed by atoms with Crippen LogP contribution in [0.4, 0.5) is 0 Å². The zero-order valence-corrected chi connectivity index (χ0v) is 9.34. The molecule has 1 aromatic carbocycles. The minimum absolute atomic E-state index is 0.0327. The van der Waals surface area contributed by atoms with Gasteiger partial charge in [0.15, 0.2) is 0 Å². The fourth-order valence-corrected chi connectivity index (χ4v) is 1.58. The van der Waals surface area contributed by atoms with Gasteiger partial charge in [0.1, 0.15) is 11.0 Å². The van der Waals surface area contributed by atoms with Crippen LogP contribution in [-0.4, -0.2) is 16.7 Å². The van der Waals surface area contributed by atoms with Crippen molar-refractivity contribution in [3.8, 4) is 0 Å². The number of nitrogens with two attached hydrogens (primary N) is 1. The molecule has 1 atom stereocenters. The SMILES string of the molecule is CC(=O)NCCc1ccc(S(N)=O)cc1. The second-order valence-electron chi connectivity index (χ2n) is 3.17. The molecule has 82 valence electrons. The van der Waals surface area contributed by atoms with Gasteiger partial charge in [-0.15, -0.1) is 0 Å². The standard InChI is InChI=1S/C10H14N2O2S/c1-8(13)12-7-6-9-2-4-10(5-3-9)15(11)14/h2-5H,6-7,11H2,1H3,(H,12,13). The summed E-state index contributed by atoms with van der Waals surface area (Å²) in [6, 6.07) is 7.20. The quantitative estimate of drug-likeness (QED) is 0.777. The molecule has 0 spiro atoms. The molecule has 3 N–H and O–H groups in total. The van der Waals surface area contributed by atoms with Crippen LogP contribution in [0.1, 0.15) is 12.5 Å². The second kappa shape index (κ2) is 5.63. The lowest BCUT2D eigenvalue weighted by atomic mass is 10.1. The van der Waals surface area contributed by atoms with Gasteiger partial charge in [0, 0.05) is 13.5 Å². The predicted octanol–water partition coefficient (Wildman–Crippen LogP) is 0.347. The molecule has 0 fully saturated rings. The summed E-state index contributed by atoms with van der Waals surface area (Å²) < 4.78 is 10.9. The summed E-state index contributed by atoms with van der Waals surface area (Å²) in [5.74, 6) is -0.0327. The van der Waals surface area contributed by atoms with Gasteiger partial charge in [0.2, 0.25) is 5.91 Å². The zero-order chi connectivity index (χ0) is 11.3. The van der Waals surface area contributed by atoms with Crippen molar-refractivity contribution < 1.29 is 9.00 Å². The summed E-state index contributed by atoms with van der Waals surface area (Å²) in [5.41, 5.74) is 1.08. The predicted molar refractivity (Wildman–Crippen MR) is 59.4 cm³/mol. The van der Waals surface area contributed by atoms with Crippen LogP contribution < -0.4 is 10.5 Å². The van der Waals surface area contributed by atoms with E-state index in [1.165, 1.54) is 6.92 Å². The molecule has 1 unspecified atom stereocenters. The minimum Gasteiger partial charge on any atom is -0.356 e. The summed E-state index contributed by atoms with van der Waals surface area (Å²) in [5, 5.41) is 7.93. The van der Waals surface area contributed by atoms with Crippen LogP contribution in [0, 0.1) is 0 Å². The van der Waals surface area contributed by atoms with Crippen molar-refractivity contribution in [3.63, 3.8) is 0 Å². The molecule has 0 bridgehead atoms. The molecule has 15 heavy (non-hydrogen) atoms. The Hall–Kier alpha value is -1.20. The van der Waals surface area contributed by atoms with Crippen LogP contribution in [0.2, 0.25) is 0 Å². The highest BCUT2D eigenvalue weighted by atomic mass is 32.2. The number of benzene rings is 1. The first kappa shape index (κ1) is 11.9. The van der Waals surface area contributed by atoms with Crippen LogP contribution in [0.15, 0.2) is 29.2 Å². The van der Waals surface area contributed by atoms with Gasteiger partial charge in [-0.3, -0.25) is 4.79 Å². The Labute approximate surface area is 91.5 Å². The number of amides is 1. The number of carbonyl (C=O) groups is 1. The molecule has 0 heterocycles. The third kappa shape index (κ3) is 4.22. The van der Waals surface area contributed by atoms with Crippen LogP contribution >= 0.6 is 0 Å². The van der Waals surface area contributed by atoms with E-state index in [1.54, 1.807) is 12.1 Å². The minimum atomic E-state index is -1.42. The van der Waals surface area contributed by atoms with Gasteiger partial charge < -0.3 is 5.32 Å². The van der Waals surface area contributed by atoms with E-state index in [4.69, 9.17) is 5.14 Å². The lowest BCUT2D eigenvalue weighted by Crippen LogP contribution is -2.22. The number of nitrogens with one attached hydrogen (secondary N) is 1. The Kier molecular flexibility index (Phi) is 4.45. The van der Waals surface area contributed by atoms with Crippen LogP contribution in [0.25, 0.3) is 0 Å². The molecule has 0 aromatic heterocycles. The van der Waals surface area contributed by atoms with Crippen molar-refractivity contribution in [2.45, 2.75) is 18.2 Å². The first-order valence-electron chi connectivity index (χ1n) is 4.59. The summed E-state index contributed by atoms with van der Waals surface area (Å²) in [4.78, 5) is 11.2. The summed E-state index contributed by atoms with van der Waals surface area (Å²) in [6.07, 6.45) is 0.761. The van der Waals surface area contributed by atoms with Crippen LogP contribution in [0.3, 0.4) is 0 Å². The average molecular weight is 226 g/mol. The van der Waals surface area contributed by atoms with Crippen LogP contribution in [0.5, 0.6) is 0 Å². The van der Waals surface area contributed by atoms with E-state index in [-0.39, 0.29) is 5.91 Å². The fourth-order valence-electron chi connectivity index (χ4n) is 1.17. The van der Waals surface area contributed by atoms with Gasteiger partial charge in [-0.05, 0) is 24.1 Å². The van der Waals surface area contributed by atoms with Gasteiger partial charge in [0.25, 0.3) is 0 Å². The van der Waals surface area contributed by atoms with Crippen molar-refractivity contribution >= 4 is 16.9 Å². The molecule has 0 saturated heterocycles. The zero-order valence-electron chi connectivity index (χ0n) is 8.53. The third-order valence-corrected chi connectivity index (χ3v) is 2.68. The Morgan fingerprint density at radius 1 is 1.40 bits per heavy atom. The number of rotatable bonds is 4. The van der Waals surface area contributed by atoms with Gasteiger partial charge in [-0.25, -0.2) is 9.35 Å². The first-order chi connectivity index (χ1) is 7.09. The summed E-state index contributed by atoms with van der Waals surface area (Å²) in [7, 11) is -1.42. The maximum absolute atomic E-state index is 10.9. The molecule has 4 nitrogen and oxygen atoms in total. The number of hydrogen-bond donors (Lipinski definition) is 2. The first-order valence-corrected chi connectivity index (χ1v) is 5.80. The van der Waals surface area contributed by atoms with Crippen molar-refractivity contribution in [3.05, 3.63) is 29.8 Å². The second-order valence-corrected chi connectivity index (χ2v) is 4.24. The normalized spacial score (nSPS) is 12.1. The Morgan fingerprint density at radius 3 is 2.47 bits per heavy atom. The molecule has 1 amide bonds. The number of hydrogen-bond acceptors (Lipinski definition) is 2. The largest absolute Gasteiger partial charge is 0.356 e. The molecular formula is C10H14N2O2S. The monoisotopic (exact) mass is 226 g/mol. The molecule has 0 aliphatic carbocycles. The molecule has 0 radical (unpaired) electrons. The smallest absolute Gasteiger partial charge is 0.216 e. The highest BCUT2D eigenvalue weighted by Crippen LogP contribution is 2.06. The topological polar surface area (TPSA) is 72.2 Å². The molecule has 0 saturated carbocycles. The van der Waals surface area contributed by atoms with Crippen molar-refractivity contribution in [2.24, 2.45) is 5.14 Å². The molecular weight excluding hydrogens is 212 g/mol. The lowest BCUT2D eigenvalue weighted by molar-refractivity contribution is -0.118. The van der Waals surface area contributed by atoms with Crippen LogP contribution in [-0.2, 0) is 22.2 Å². The van der Waals surface area contributed by atoms with Gasteiger partial charge in [0.05, 0.1) is 4.90 Å². The highest BCUT2D eigenvalue weighted by Gasteiger charge is 1.98. The molecule has 0 aliphatic heterocycles. The Balaban J connectivity index is 2.50. The van der Waals surface area contributed by atoms with E-state index in [0.717, 1.165) is 12.0 Å².